The second-order valence-electron chi connectivity index (χ2n) is 5.86. The molecule has 2 heterocycles. The molecular formula is C12H21NO4. The normalized spacial score (nSPS) is 32.7. The molecule has 2 saturated heterocycles. The third kappa shape index (κ3) is 2.90. The van der Waals surface area contributed by atoms with Crippen LogP contribution in [0.4, 0.5) is 4.79 Å². The Kier molecular flexibility index (Phi) is 3.32. The molecule has 1 N–H and O–H groups in total. The van der Waals surface area contributed by atoms with Crippen LogP contribution in [0.5, 0.6) is 0 Å². The van der Waals surface area contributed by atoms with Gasteiger partial charge in [-0.25, -0.2) is 4.79 Å². The van der Waals surface area contributed by atoms with E-state index in [1.54, 1.807) is 4.90 Å². The van der Waals surface area contributed by atoms with E-state index in [1.165, 1.54) is 0 Å². The summed E-state index contributed by atoms with van der Waals surface area (Å²) in [5.74, 6) is 0.347. The van der Waals surface area contributed by atoms with Crippen molar-refractivity contribution in [2.75, 3.05) is 19.7 Å². The number of likely N-dealkylation sites (tertiary alicyclic amines) is 1. The summed E-state index contributed by atoms with van der Waals surface area (Å²) in [4.78, 5) is 13.5. The highest BCUT2D eigenvalue weighted by Crippen LogP contribution is 2.33. The molecule has 5 nitrogen and oxygen atoms in total. The van der Waals surface area contributed by atoms with E-state index in [9.17, 15) is 4.79 Å². The van der Waals surface area contributed by atoms with E-state index in [4.69, 9.17) is 14.6 Å². The van der Waals surface area contributed by atoms with E-state index < -0.39 is 5.60 Å². The number of aliphatic hydroxyl groups excluding tert-OH is 1. The molecule has 0 aromatic carbocycles. The summed E-state index contributed by atoms with van der Waals surface area (Å²) >= 11 is 0. The van der Waals surface area contributed by atoms with Crippen molar-refractivity contribution in [2.24, 2.45) is 5.92 Å². The molecule has 0 bridgehead atoms. The zero-order valence-electron chi connectivity index (χ0n) is 10.7. The van der Waals surface area contributed by atoms with Gasteiger partial charge in [-0.05, 0) is 27.2 Å². The van der Waals surface area contributed by atoms with Crippen LogP contribution in [0.25, 0.3) is 0 Å². The molecule has 2 fully saturated rings. The molecule has 2 aliphatic heterocycles. The highest BCUT2D eigenvalue weighted by molar-refractivity contribution is 5.68. The summed E-state index contributed by atoms with van der Waals surface area (Å²) in [5.41, 5.74) is -0.455. The molecule has 0 radical (unpaired) electrons. The Morgan fingerprint density at radius 3 is 2.71 bits per heavy atom. The summed E-state index contributed by atoms with van der Waals surface area (Å²) in [6, 6.07) is 0. The number of amides is 1. The fraction of sp³-hybridized carbons (Fsp3) is 0.917. The van der Waals surface area contributed by atoms with Gasteiger partial charge in [0, 0.05) is 12.5 Å². The lowest BCUT2D eigenvalue weighted by Gasteiger charge is -2.25. The van der Waals surface area contributed by atoms with Gasteiger partial charge in [0.05, 0.1) is 25.4 Å². The molecule has 17 heavy (non-hydrogen) atoms. The first kappa shape index (κ1) is 12.6. The Morgan fingerprint density at radius 2 is 2.18 bits per heavy atom. The van der Waals surface area contributed by atoms with E-state index in [0.29, 0.717) is 19.0 Å². The van der Waals surface area contributed by atoms with Crippen molar-refractivity contribution in [1.29, 1.82) is 0 Å². The minimum absolute atomic E-state index is 0.0502. The minimum Gasteiger partial charge on any atom is -0.444 e. The Morgan fingerprint density at radius 1 is 1.47 bits per heavy atom. The third-order valence-electron chi connectivity index (χ3n) is 3.17. The topological polar surface area (TPSA) is 59.0 Å². The fourth-order valence-corrected chi connectivity index (χ4v) is 2.46. The maximum absolute atomic E-state index is 11.8. The zero-order valence-corrected chi connectivity index (χ0v) is 10.7. The van der Waals surface area contributed by atoms with Gasteiger partial charge in [0.1, 0.15) is 5.60 Å². The molecule has 2 aliphatic rings. The van der Waals surface area contributed by atoms with Gasteiger partial charge in [-0.3, -0.25) is 0 Å². The molecular weight excluding hydrogens is 222 g/mol. The van der Waals surface area contributed by atoms with Gasteiger partial charge in [-0.1, -0.05) is 0 Å². The maximum atomic E-state index is 11.8. The number of ether oxygens (including phenoxy) is 2. The van der Waals surface area contributed by atoms with Gasteiger partial charge < -0.3 is 19.5 Å². The van der Waals surface area contributed by atoms with Crippen LogP contribution in [0.2, 0.25) is 0 Å². The van der Waals surface area contributed by atoms with Gasteiger partial charge in [0.25, 0.3) is 0 Å². The van der Waals surface area contributed by atoms with E-state index in [1.807, 2.05) is 20.8 Å². The predicted molar refractivity (Wildman–Crippen MR) is 61.7 cm³/mol. The van der Waals surface area contributed by atoms with Crippen LogP contribution < -0.4 is 0 Å². The molecule has 0 spiro atoms. The Bertz CT molecular complexity index is 285. The monoisotopic (exact) mass is 243 g/mol. The van der Waals surface area contributed by atoms with E-state index >= 15 is 0 Å². The van der Waals surface area contributed by atoms with E-state index in [0.717, 1.165) is 6.42 Å². The van der Waals surface area contributed by atoms with E-state index in [-0.39, 0.29) is 24.9 Å². The van der Waals surface area contributed by atoms with Crippen LogP contribution in [0, 0.1) is 5.92 Å². The molecule has 0 aromatic rings. The zero-order chi connectivity index (χ0) is 12.6. The third-order valence-corrected chi connectivity index (χ3v) is 3.17. The SMILES string of the molecule is CC(C)(C)OC(=O)N1CC2CC(CO)OC2C1. The second-order valence-corrected chi connectivity index (χ2v) is 5.86. The number of rotatable bonds is 1. The van der Waals surface area contributed by atoms with Gasteiger partial charge in [-0.2, -0.15) is 0 Å². The van der Waals surface area contributed by atoms with Crippen LogP contribution in [0.15, 0.2) is 0 Å². The van der Waals surface area contributed by atoms with E-state index in [2.05, 4.69) is 0 Å². The molecule has 3 unspecified atom stereocenters. The lowest BCUT2D eigenvalue weighted by atomic mass is 10.0. The van der Waals surface area contributed by atoms with Crippen molar-refractivity contribution in [3.05, 3.63) is 0 Å². The summed E-state index contributed by atoms with van der Waals surface area (Å²) in [6.45, 7) is 6.91. The lowest BCUT2D eigenvalue weighted by molar-refractivity contribution is -0.00166. The van der Waals surface area contributed by atoms with Crippen LogP contribution in [-0.2, 0) is 9.47 Å². The van der Waals surface area contributed by atoms with Crippen molar-refractivity contribution < 1.29 is 19.4 Å². The number of hydrogen-bond acceptors (Lipinski definition) is 4. The number of nitrogens with zero attached hydrogens (tertiary/aromatic N) is 1. The molecule has 1 amide bonds. The van der Waals surface area contributed by atoms with Crippen LogP contribution >= 0.6 is 0 Å². The maximum Gasteiger partial charge on any atom is 0.410 e. The summed E-state index contributed by atoms with van der Waals surface area (Å²) < 4.78 is 11.0. The smallest absolute Gasteiger partial charge is 0.410 e. The number of carbonyl (C=O) groups is 1. The number of hydrogen-bond donors (Lipinski definition) is 1. The first-order chi connectivity index (χ1) is 7.89. The summed E-state index contributed by atoms with van der Waals surface area (Å²) in [5, 5.41) is 9.02. The van der Waals surface area contributed by atoms with Gasteiger partial charge in [0.2, 0.25) is 0 Å². The largest absolute Gasteiger partial charge is 0.444 e. The molecule has 0 aliphatic carbocycles. The number of aliphatic hydroxyl groups is 1. The van der Waals surface area contributed by atoms with Crippen molar-refractivity contribution in [1.82, 2.24) is 4.90 Å². The highest BCUT2D eigenvalue weighted by Gasteiger charge is 2.44. The number of fused-ring (bicyclic) bond motifs is 1. The standard InChI is InChI=1S/C12H21NO4/c1-12(2,3)17-11(15)13-5-8-4-9(7-14)16-10(8)6-13/h8-10,14H,4-7H2,1-3H3. The lowest BCUT2D eigenvalue weighted by Crippen LogP contribution is -2.36. The first-order valence-electron chi connectivity index (χ1n) is 6.13. The second kappa shape index (κ2) is 4.46. The Labute approximate surface area is 102 Å². The fourth-order valence-electron chi connectivity index (χ4n) is 2.46. The Balaban J connectivity index is 1.86. The van der Waals surface area contributed by atoms with Gasteiger partial charge in [0.15, 0.2) is 0 Å². The molecule has 0 aromatic heterocycles. The highest BCUT2D eigenvalue weighted by atomic mass is 16.6. The van der Waals surface area contributed by atoms with Crippen molar-refractivity contribution in [2.45, 2.75) is 45.0 Å². The van der Waals surface area contributed by atoms with Crippen molar-refractivity contribution in [3.63, 3.8) is 0 Å². The molecule has 98 valence electrons. The average Bonchev–Trinajstić information content (AvgIpc) is 2.70. The van der Waals surface area contributed by atoms with Gasteiger partial charge in [-0.15, -0.1) is 0 Å². The summed E-state index contributed by atoms with van der Waals surface area (Å²) in [7, 11) is 0. The quantitative estimate of drug-likeness (QED) is 0.746. The minimum atomic E-state index is -0.455. The summed E-state index contributed by atoms with van der Waals surface area (Å²) in [6.07, 6.45) is 0.585. The predicted octanol–water partition coefficient (Wildman–Crippen LogP) is 1.00. The van der Waals surface area contributed by atoms with Crippen LogP contribution in [-0.4, -0.2) is 53.6 Å². The van der Waals surface area contributed by atoms with Gasteiger partial charge >= 0.3 is 6.09 Å². The molecule has 2 rings (SSSR count). The van der Waals surface area contributed by atoms with Crippen molar-refractivity contribution >= 4 is 6.09 Å². The molecule has 0 saturated carbocycles. The van der Waals surface area contributed by atoms with Crippen LogP contribution in [0.1, 0.15) is 27.2 Å². The Hall–Kier alpha value is -0.810. The number of carbonyl (C=O) groups excluding carboxylic acids is 1. The molecule has 3 atom stereocenters. The first-order valence-corrected chi connectivity index (χ1v) is 6.13. The van der Waals surface area contributed by atoms with Crippen LogP contribution in [0.3, 0.4) is 0 Å². The molecule has 5 heteroatoms. The van der Waals surface area contributed by atoms with Crippen molar-refractivity contribution in [3.8, 4) is 0 Å². The average molecular weight is 243 g/mol.